The molecule has 0 amide bonds. The van der Waals surface area contributed by atoms with Gasteiger partial charge in [-0.3, -0.25) is 0 Å². The zero-order valence-electron chi connectivity index (χ0n) is 93.5. The third kappa shape index (κ3) is 44.7. The monoisotopic (exact) mass is 2140 g/mol. The van der Waals surface area contributed by atoms with Crippen LogP contribution in [0.4, 0.5) is 0 Å². The SMILES string of the molecule is CC.CC.CC.CC.CC.CC.CC.CC.CC.CC.CC.CC.CC.CC.CC.CCN(C)CC.CCN(C)CCn1c2[c-]c(-c3[c-]cccc3)ccc2c2ccccc21.CCN(C)CCn1c2ccccc2c2c[c-]c(-c3[c-]cccc3)cc21.CCN(C)CCn1c2ccccc2c2cc[c-]c(-c3[c-]cccc3)c21.CCn1c2ccccc2c2c(-c3[c-]cccc3)[c-]ccc21.[Y].[Y].[Y].[Y]. The molecule has 0 unspecified atom stereocenters. The van der Waals surface area contributed by atoms with E-state index in [1.807, 2.05) is 268 Å². The molecule has 136 heavy (non-hydrogen) atoms. The number of aromatic nitrogens is 4. The fourth-order valence-corrected chi connectivity index (χ4v) is 13.5. The second-order valence-electron chi connectivity index (χ2n) is 26.1. The largest absolute Gasteiger partial charge is 0.388 e. The fraction of sp³-hybridized carbons (Fsp3) is 0.419. The first-order chi connectivity index (χ1) is 65.0. The molecule has 740 valence electrons. The Morgan fingerprint density at radius 2 is 0.551 bits per heavy atom. The van der Waals surface area contributed by atoms with Gasteiger partial charge in [-0.1, -0.05) is 337 Å². The summed E-state index contributed by atoms with van der Waals surface area (Å²) in [6, 6.07) is 112. The van der Waals surface area contributed by atoms with Gasteiger partial charge in [0.2, 0.25) is 0 Å². The van der Waals surface area contributed by atoms with Crippen LogP contribution in [0.25, 0.3) is 132 Å². The van der Waals surface area contributed by atoms with Gasteiger partial charge >= 0.3 is 0 Å². The summed E-state index contributed by atoms with van der Waals surface area (Å²) in [4.78, 5) is 9.29. The van der Waals surface area contributed by atoms with E-state index in [1.165, 1.54) is 87.2 Å². The molecule has 16 rings (SSSR count). The molecule has 0 saturated carbocycles. The van der Waals surface area contributed by atoms with Crippen LogP contribution in [0.2, 0.25) is 0 Å². The molecule has 0 spiro atoms. The molecule has 0 fully saturated rings. The molecular formula is C124H184N8Y4-8. The number of fused-ring (bicyclic) bond motifs is 12. The zero-order valence-corrected chi connectivity index (χ0v) is 105. The maximum absolute atomic E-state index is 3.66. The van der Waals surface area contributed by atoms with E-state index in [2.05, 4.69) is 338 Å². The quantitative estimate of drug-likeness (QED) is 0.0756. The van der Waals surface area contributed by atoms with E-state index in [0.29, 0.717) is 0 Å². The molecule has 4 radical (unpaired) electrons. The number of hydrogen-bond acceptors (Lipinski definition) is 4. The van der Waals surface area contributed by atoms with Gasteiger partial charge in [-0.2, -0.15) is 146 Å². The maximum Gasteiger partial charge on any atom is 0.0385 e. The van der Waals surface area contributed by atoms with E-state index in [1.54, 1.807) is 0 Å². The van der Waals surface area contributed by atoms with E-state index in [-0.39, 0.29) is 131 Å². The van der Waals surface area contributed by atoms with Crippen molar-refractivity contribution in [2.75, 3.05) is 80.5 Å². The predicted octanol–water partition coefficient (Wildman–Crippen LogP) is 36.5. The van der Waals surface area contributed by atoms with E-state index >= 15 is 0 Å². The van der Waals surface area contributed by atoms with Crippen molar-refractivity contribution in [2.45, 2.75) is 275 Å². The van der Waals surface area contributed by atoms with Crippen LogP contribution >= 0.6 is 0 Å². The Kier molecular flexibility index (Phi) is 101. The second kappa shape index (κ2) is 94.0. The molecule has 0 bridgehead atoms. The molecule has 0 N–H and O–H groups in total. The number of benzene rings is 12. The Hall–Kier alpha value is -5.90. The Labute approximate surface area is 937 Å². The van der Waals surface area contributed by atoms with Gasteiger partial charge < -0.3 is 37.9 Å². The van der Waals surface area contributed by atoms with Crippen LogP contribution in [-0.4, -0.2) is 118 Å². The summed E-state index contributed by atoms with van der Waals surface area (Å²) in [5.41, 5.74) is 19.0. The maximum atomic E-state index is 3.66. The van der Waals surface area contributed by atoms with Crippen molar-refractivity contribution >= 4 is 87.2 Å². The van der Waals surface area contributed by atoms with Crippen LogP contribution in [0.1, 0.15) is 249 Å². The number of likely N-dealkylation sites (N-methyl/N-ethyl adjacent to an activating group) is 3. The molecule has 0 atom stereocenters. The summed E-state index contributed by atoms with van der Waals surface area (Å²) < 4.78 is 9.66. The van der Waals surface area contributed by atoms with Gasteiger partial charge in [-0.15, -0.1) is 53.9 Å². The molecule has 0 aliphatic rings. The predicted molar refractivity (Wildman–Crippen MR) is 604 cm³/mol. The smallest absolute Gasteiger partial charge is 0.0385 e. The third-order valence-electron chi connectivity index (χ3n) is 19.9. The van der Waals surface area contributed by atoms with E-state index < -0.39 is 0 Å². The zero-order chi connectivity index (χ0) is 101. The molecule has 0 saturated heterocycles. The normalized spacial score (nSPS) is 9.26. The average Bonchev–Trinajstić information content (AvgIpc) is 1.59. The average molecular weight is 2140 g/mol. The number of aryl methyl sites for hydroxylation is 1. The van der Waals surface area contributed by atoms with E-state index in [4.69, 9.17) is 0 Å². The van der Waals surface area contributed by atoms with Crippen LogP contribution in [0, 0.1) is 48.5 Å². The Morgan fingerprint density at radius 3 is 0.949 bits per heavy atom. The minimum atomic E-state index is 0. The molecule has 4 aromatic heterocycles. The number of para-hydroxylation sites is 4. The summed E-state index contributed by atoms with van der Waals surface area (Å²) >= 11 is 0. The first kappa shape index (κ1) is 145. The van der Waals surface area contributed by atoms with Gasteiger partial charge in [-0.05, 0) is 130 Å². The molecule has 0 aliphatic carbocycles. The molecule has 12 heteroatoms. The van der Waals surface area contributed by atoms with Gasteiger partial charge in [-0.25, -0.2) is 44.5 Å². The summed E-state index contributed by atoms with van der Waals surface area (Å²) in [7, 11) is 8.62. The van der Waals surface area contributed by atoms with Crippen LogP contribution in [0.15, 0.2) is 243 Å². The molecule has 8 nitrogen and oxygen atoms in total. The summed E-state index contributed by atoms with van der Waals surface area (Å²) in [6.07, 6.45) is 0. The molecule has 16 aromatic rings. The third-order valence-corrected chi connectivity index (χ3v) is 19.9. The van der Waals surface area contributed by atoms with Gasteiger partial charge in [0.05, 0.1) is 0 Å². The van der Waals surface area contributed by atoms with E-state index in [0.717, 1.165) is 123 Å². The van der Waals surface area contributed by atoms with Crippen molar-refractivity contribution in [2.24, 2.45) is 0 Å². The van der Waals surface area contributed by atoms with Crippen LogP contribution in [0.5, 0.6) is 0 Å². The summed E-state index contributed by atoms with van der Waals surface area (Å²) in [5.74, 6) is 0. The van der Waals surface area contributed by atoms with Gasteiger partial charge in [0, 0.05) is 199 Å². The Bertz CT molecular complexity index is 5190. The molecular weight excluding hydrogens is 1960 g/mol. The number of nitrogens with zero attached hydrogens (tertiary/aromatic N) is 8. The molecule has 0 aliphatic heterocycles. The van der Waals surface area contributed by atoms with Crippen molar-refractivity contribution in [1.82, 2.24) is 37.9 Å². The van der Waals surface area contributed by atoms with Gasteiger partial charge in [0.15, 0.2) is 0 Å². The second-order valence-corrected chi connectivity index (χ2v) is 26.1. The first-order valence-electron chi connectivity index (χ1n) is 51.4. The topological polar surface area (TPSA) is 32.7 Å². The van der Waals surface area contributed by atoms with Crippen molar-refractivity contribution in [3.8, 4) is 44.5 Å². The first-order valence-corrected chi connectivity index (χ1v) is 51.4. The van der Waals surface area contributed by atoms with Crippen LogP contribution in [0.3, 0.4) is 0 Å². The van der Waals surface area contributed by atoms with Crippen molar-refractivity contribution in [3.63, 3.8) is 0 Å². The van der Waals surface area contributed by atoms with Gasteiger partial charge in [0.25, 0.3) is 0 Å². The summed E-state index contributed by atoms with van der Waals surface area (Å²) in [6.45, 7) is 85.6. The van der Waals surface area contributed by atoms with Crippen LogP contribution < -0.4 is 0 Å². The van der Waals surface area contributed by atoms with Crippen molar-refractivity contribution in [3.05, 3.63) is 291 Å². The molecule has 12 aromatic carbocycles. The minimum Gasteiger partial charge on any atom is -0.388 e. The van der Waals surface area contributed by atoms with Gasteiger partial charge in [0.1, 0.15) is 0 Å². The minimum absolute atomic E-state index is 0. The van der Waals surface area contributed by atoms with Crippen molar-refractivity contribution in [1.29, 1.82) is 0 Å². The van der Waals surface area contributed by atoms with Crippen molar-refractivity contribution < 1.29 is 131 Å². The standard InChI is InChI=1S/3C23H22N2.C20H15N.C5H13N.15C2H6.4Y/c1-3-24(2)16-17-25-22-15-8-7-12-20(22)21-14-9-13-19(23(21)25)18-10-5-4-6-11-18;2*1-3-24(2)15-16-25-22-12-8-7-11-20(22)21-14-13-19(17-23(21)25)18-9-5-4-6-10-18;1-2-21-18-13-7-6-11-17(18)20-16(12-8-14-19(20)21)15-9-4-3-5-10-15;1-4-6(3)5-2;15*1-2;;;;/h4-10,12,14-15H,3,16-17H2,1-2H3;4-9,11-12,14,17H,3,15-16H2,1-2H3;4-9,11-14H,3,15-16H2,1-2H3;3-9,11,13-14H,2H2,1H3;4-5H2,1-3H3;15*1-2H3;;;;/q4*-2;;;;;;;;;;;;;;;;;;;;. The summed E-state index contributed by atoms with van der Waals surface area (Å²) in [5, 5.41) is 10.3. The van der Waals surface area contributed by atoms with E-state index in [9.17, 15) is 0 Å². The fourth-order valence-electron chi connectivity index (χ4n) is 13.5. The Morgan fingerprint density at radius 1 is 0.228 bits per heavy atom. The molecule has 4 heterocycles. The van der Waals surface area contributed by atoms with Crippen LogP contribution in [-0.2, 0) is 157 Å². The number of rotatable bonds is 19. The Balaban J connectivity index is -0.000000238. The number of hydrogen-bond donors (Lipinski definition) is 0.